The van der Waals surface area contributed by atoms with E-state index in [-0.39, 0.29) is 22.6 Å². The molecule has 2 unspecified atom stereocenters. The first-order valence-corrected chi connectivity index (χ1v) is 9.34. The molecular weight excluding hydrogens is 348 g/mol. The summed E-state index contributed by atoms with van der Waals surface area (Å²) in [6.07, 6.45) is 6.88. The van der Waals surface area contributed by atoms with E-state index in [1.165, 1.54) is 19.1 Å². The fraction of sp³-hybridized carbons (Fsp3) is 0.571. The van der Waals surface area contributed by atoms with Gasteiger partial charge in [-0.3, -0.25) is 0 Å². The molecule has 0 spiro atoms. The largest absolute Gasteiger partial charge is 0.478 e. The van der Waals surface area contributed by atoms with Gasteiger partial charge in [0.05, 0.1) is 0 Å². The highest BCUT2D eigenvalue weighted by atomic mass is 16.4. The highest BCUT2D eigenvalue weighted by Crippen LogP contribution is 2.25. The molecule has 152 valence electrons. The quantitative estimate of drug-likeness (QED) is 0.335. The predicted octanol–water partition coefficient (Wildman–Crippen LogP) is 4.67. The molecule has 27 heavy (non-hydrogen) atoms. The monoisotopic (exact) mass is 380 g/mol. The normalized spacial score (nSPS) is 15.7. The third kappa shape index (κ3) is 8.24. The topological polar surface area (TPSA) is 112 Å². The molecule has 0 aliphatic carbocycles. The lowest BCUT2D eigenvalue weighted by molar-refractivity contribution is -0.134. The Kier molecular flexibility index (Phi) is 11.0. The third-order valence-corrected chi connectivity index (χ3v) is 5.07. The van der Waals surface area contributed by atoms with Gasteiger partial charge in [-0.05, 0) is 26.2 Å². The van der Waals surface area contributed by atoms with Gasteiger partial charge in [-0.25, -0.2) is 14.4 Å². The van der Waals surface area contributed by atoms with E-state index in [1.54, 1.807) is 13.8 Å². The number of unbranched alkanes of at least 4 members (excludes halogenated alkanes) is 1. The lowest BCUT2D eigenvalue weighted by atomic mass is 9.89. The molecule has 0 saturated heterocycles. The first-order chi connectivity index (χ1) is 12.6. The van der Waals surface area contributed by atoms with Crippen LogP contribution >= 0.6 is 0 Å². The smallest absolute Gasteiger partial charge is 0.332 e. The van der Waals surface area contributed by atoms with E-state index >= 15 is 0 Å². The van der Waals surface area contributed by atoms with Crippen LogP contribution < -0.4 is 0 Å². The van der Waals surface area contributed by atoms with Crippen LogP contribution in [0.25, 0.3) is 0 Å². The fourth-order valence-corrected chi connectivity index (χ4v) is 2.80. The maximum atomic E-state index is 11.6. The highest BCUT2D eigenvalue weighted by Gasteiger charge is 2.21. The van der Waals surface area contributed by atoms with Crippen molar-refractivity contribution in [2.45, 2.75) is 66.7 Å². The first-order valence-electron chi connectivity index (χ1n) is 9.34. The number of hydrogen-bond donors (Lipinski definition) is 3. The number of aliphatic carboxylic acids is 3. The average molecular weight is 380 g/mol. The second-order valence-electron chi connectivity index (χ2n) is 6.88. The Morgan fingerprint density at radius 3 is 1.93 bits per heavy atom. The Hall–Kier alpha value is -2.37. The lowest BCUT2D eigenvalue weighted by Gasteiger charge is -2.16. The van der Waals surface area contributed by atoms with Gasteiger partial charge in [0.2, 0.25) is 0 Å². The SMILES string of the molecule is CCCCC(CC)CC(=CC=C(C(=O)O)C(C)C(C)=C(C)C(=O)O)C(=O)O. The maximum absolute atomic E-state index is 11.6. The molecule has 0 rings (SSSR count). The Balaban J connectivity index is 5.78. The molecule has 0 aliphatic heterocycles. The van der Waals surface area contributed by atoms with Crippen molar-refractivity contribution in [3.63, 3.8) is 0 Å². The standard InChI is InChI=1S/C21H32O6/c1-6-8-9-16(7-2)12-17(20(24)25)10-11-18(21(26)27)14(4)13(3)15(5)19(22)23/h10-11,14,16H,6-9,12H2,1-5H3,(H,22,23)(H,24,25)(H,26,27). The summed E-state index contributed by atoms with van der Waals surface area (Å²) in [5, 5.41) is 28.1. The van der Waals surface area contributed by atoms with E-state index in [0.29, 0.717) is 12.0 Å². The Morgan fingerprint density at radius 2 is 1.52 bits per heavy atom. The van der Waals surface area contributed by atoms with E-state index < -0.39 is 23.8 Å². The minimum absolute atomic E-state index is 0.0338. The molecule has 0 amide bonds. The van der Waals surface area contributed by atoms with Crippen molar-refractivity contribution in [2.75, 3.05) is 0 Å². The Labute approximate surface area is 161 Å². The molecule has 6 nitrogen and oxygen atoms in total. The van der Waals surface area contributed by atoms with Crippen molar-refractivity contribution in [3.05, 3.63) is 34.4 Å². The van der Waals surface area contributed by atoms with Crippen LogP contribution in [-0.4, -0.2) is 33.2 Å². The van der Waals surface area contributed by atoms with Crippen LogP contribution in [0.3, 0.4) is 0 Å². The number of carboxylic acid groups (broad SMARTS) is 3. The van der Waals surface area contributed by atoms with Gasteiger partial charge in [-0.15, -0.1) is 0 Å². The summed E-state index contributed by atoms with van der Waals surface area (Å²) in [4.78, 5) is 34.3. The second-order valence-corrected chi connectivity index (χ2v) is 6.88. The Bertz CT molecular complexity index is 639. The number of rotatable bonds is 12. The molecule has 0 aromatic heterocycles. The summed E-state index contributed by atoms with van der Waals surface area (Å²) in [7, 11) is 0. The molecule has 0 aromatic carbocycles. The molecule has 6 heteroatoms. The van der Waals surface area contributed by atoms with E-state index in [1.807, 2.05) is 6.92 Å². The van der Waals surface area contributed by atoms with Crippen LogP contribution in [0, 0.1) is 11.8 Å². The molecule has 0 fully saturated rings. The van der Waals surface area contributed by atoms with Gasteiger partial charge in [0.1, 0.15) is 0 Å². The molecule has 0 aromatic rings. The van der Waals surface area contributed by atoms with Crippen molar-refractivity contribution in [1.29, 1.82) is 0 Å². The lowest BCUT2D eigenvalue weighted by Crippen LogP contribution is -2.14. The van der Waals surface area contributed by atoms with Crippen LogP contribution in [0.2, 0.25) is 0 Å². The molecular formula is C21H32O6. The zero-order valence-electron chi connectivity index (χ0n) is 16.9. The van der Waals surface area contributed by atoms with Gasteiger partial charge in [0.15, 0.2) is 0 Å². The van der Waals surface area contributed by atoms with Crippen molar-refractivity contribution >= 4 is 17.9 Å². The van der Waals surface area contributed by atoms with Crippen molar-refractivity contribution in [3.8, 4) is 0 Å². The van der Waals surface area contributed by atoms with Gasteiger partial charge in [-0.1, -0.05) is 64.2 Å². The summed E-state index contributed by atoms with van der Waals surface area (Å²) in [6.45, 7) is 8.70. The van der Waals surface area contributed by atoms with Gasteiger partial charge in [0.25, 0.3) is 0 Å². The maximum Gasteiger partial charge on any atom is 0.332 e. The van der Waals surface area contributed by atoms with Crippen molar-refractivity contribution < 1.29 is 29.7 Å². The minimum Gasteiger partial charge on any atom is -0.478 e. The first kappa shape index (κ1) is 24.6. The minimum atomic E-state index is -1.20. The van der Waals surface area contributed by atoms with Crippen molar-refractivity contribution in [1.82, 2.24) is 0 Å². The highest BCUT2D eigenvalue weighted by molar-refractivity contribution is 5.91. The van der Waals surface area contributed by atoms with E-state index in [9.17, 15) is 24.6 Å². The van der Waals surface area contributed by atoms with Gasteiger partial charge in [0, 0.05) is 22.6 Å². The number of hydrogen-bond acceptors (Lipinski definition) is 3. The van der Waals surface area contributed by atoms with E-state index in [0.717, 1.165) is 25.7 Å². The molecule has 0 aliphatic rings. The van der Waals surface area contributed by atoms with Crippen LogP contribution in [0.5, 0.6) is 0 Å². The van der Waals surface area contributed by atoms with Crippen molar-refractivity contribution in [2.24, 2.45) is 11.8 Å². The average Bonchev–Trinajstić information content (AvgIpc) is 2.61. The summed E-state index contributed by atoms with van der Waals surface area (Å²) >= 11 is 0. The summed E-state index contributed by atoms with van der Waals surface area (Å²) in [6, 6.07) is 0. The summed E-state index contributed by atoms with van der Waals surface area (Å²) < 4.78 is 0. The summed E-state index contributed by atoms with van der Waals surface area (Å²) in [5.74, 6) is -3.77. The van der Waals surface area contributed by atoms with Crippen LogP contribution in [0.1, 0.15) is 66.7 Å². The number of allylic oxidation sites excluding steroid dienone is 3. The molecule has 2 atom stereocenters. The molecule has 0 saturated carbocycles. The predicted molar refractivity (Wildman–Crippen MR) is 105 cm³/mol. The zero-order valence-corrected chi connectivity index (χ0v) is 16.9. The number of carbonyl (C=O) groups is 3. The molecule has 3 N–H and O–H groups in total. The Morgan fingerprint density at radius 1 is 0.926 bits per heavy atom. The fourth-order valence-electron chi connectivity index (χ4n) is 2.80. The molecule has 0 radical (unpaired) electrons. The number of carboxylic acids is 3. The van der Waals surface area contributed by atoms with Crippen LogP contribution in [0.4, 0.5) is 0 Å². The van der Waals surface area contributed by atoms with Gasteiger partial charge in [-0.2, -0.15) is 0 Å². The van der Waals surface area contributed by atoms with Gasteiger partial charge >= 0.3 is 17.9 Å². The summed E-state index contributed by atoms with van der Waals surface area (Å²) in [5.41, 5.74) is 0.646. The third-order valence-electron chi connectivity index (χ3n) is 5.07. The molecule has 0 bridgehead atoms. The van der Waals surface area contributed by atoms with E-state index in [2.05, 4.69) is 6.92 Å². The second kappa shape index (κ2) is 12.1. The van der Waals surface area contributed by atoms with E-state index in [4.69, 9.17) is 5.11 Å². The zero-order chi connectivity index (χ0) is 21.1. The van der Waals surface area contributed by atoms with Crippen LogP contribution in [0.15, 0.2) is 34.4 Å². The molecule has 0 heterocycles. The van der Waals surface area contributed by atoms with Gasteiger partial charge < -0.3 is 15.3 Å². The van der Waals surface area contributed by atoms with Crippen LogP contribution in [-0.2, 0) is 14.4 Å².